The Morgan fingerprint density at radius 3 is 2.43 bits per heavy atom. The maximum atomic E-state index is 12.9. The predicted molar refractivity (Wildman–Crippen MR) is 119 cm³/mol. The molecule has 3 rings (SSSR count). The molecule has 1 fully saturated rings. The van der Waals surface area contributed by atoms with Crippen LogP contribution in [0, 0.1) is 19.8 Å². The Bertz CT molecular complexity index is 795. The van der Waals surface area contributed by atoms with Gasteiger partial charge in [0.2, 0.25) is 5.91 Å². The molecule has 0 bridgehead atoms. The number of amides is 1. The Balaban J connectivity index is 1.53. The lowest BCUT2D eigenvalue weighted by Gasteiger charge is -2.32. The second-order valence-electron chi connectivity index (χ2n) is 8.01. The van der Waals surface area contributed by atoms with E-state index in [1.807, 2.05) is 0 Å². The van der Waals surface area contributed by atoms with Crippen molar-refractivity contribution >= 4 is 21.8 Å². The summed E-state index contributed by atoms with van der Waals surface area (Å²) in [6.45, 7) is 9.31. The Kier molecular flexibility index (Phi) is 7.30. The third kappa shape index (κ3) is 5.45. The van der Waals surface area contributed by atoms with Gasteiger partial charge in [0.1, 0.15) is 0 Å². The molecule has 1 saturated heterocycles. The average Bonchev–Trinajstić information content (AvgIpc) is 2.69. The largest absolute Gasteiger partial charge is 0.349 e. The number of carbonyl (C=O) groups is 1. The number of rotatable bonds is 6. The lowest BCUT2D eigenvalue weighted by atomic mass is 9.93. The van der Waals surface area contributed by atoms with Gasteiger partial charge in [0.25, 0.3) is 0 Å². The van der Waals surface area contributed by atoms with Crippen molar-refractivity contribution in [2.75, 3.05) is 13.1 Å². The minimum Gasteiger partial charge on any atom is -0.349 e. The van der Waals surface area contributed by atoms with Gasteiger partial charge in [-0.3, -0.25) is 9.69 Å². The first kappa shape index (κ1) is 21.1. The molecule has 3 nitrogen and oxygen atoms in total. The monoisotopic (exact) mass is 442 g/mol. The van der Waals surface area contributed by atoms with Crippen molar-refractivity contribution in [2.24, 2.45) is 5.92 Å². The molecule has 2 aromatic carbocycles. The number of aryl methyl sites for hydroxylation is 2. The summed E-state index contributed by atoms with van der Waals surface area (Å²) in [6.07, 6.45) is 2.79. The Morgan fingerprint density at radius 1 is 1.14 bits per heavy atom. The summed E-state index contributed by atoms with van der Waals surface area (Å²) in [7, 11) is 0. The normalized spacial score (nSPS) is 16.7. The molecule has 1 aliphatic heterocycles. The molecule has 0 aromatic heterocycles. The Labute approximate surface area is 177 Å². The number of halogens is 1. The van der Waals surface area contributed by atoms with E-state index in [1.54, 1.807) is 0 Å². The molecule has 4 heteroatoms. The number of piperidine rings is 1. The fourth-order valence-electron chi connectivity index (χ4n) is 4.11. The highest BCUT2D eigenvalue weighted by Crippen LogP contribution is 2.25. The molecule has 1 unspecified atom stereocenters. The van der Waals surface area contributed by atoms with Gasteiger partial charge in [-0.1, -0.05) is 58.7 Å². The molecule has 0 radical (unpaired) electrons. The first-order chi connectivity index (χ1) is 13.5. The van der Waals surface area contributed by atoms with Crippen LogP contribution in [0.15, 0.2) is 46.9 Å². The average molecular weight is 443 g/mol. The van der Waals surface area contributed by atoms with E-state index in [1.165, 1.54) is 22.3 Å². The van der Waals surface area contributed by atoms with Crippen molar-refractivity contribution in [1.29, 1.82) is 0 Å². The summed E-state index contributed by atoms with van der Waals surface area (Å²) in [5.74, 6) is 0.344. The maximum absolute atomic E-state index is 12.9. The molecule has 1 N–H and O–H groups in total. The molecule has 1 atom stereocenters. The van der Waals surface area contributed by atoms with Crippen LogP contribution < -0.4 is 5.32 Å². The molecular formula is C24H31BrN2O. The number of benzene rings is 2. The standard InChI is InChI=1S/C24H31BrN2O/c1-4-23(22-10-5-17(2)15-18(22)3)26-24(28)20-11-13-27(14-12-20)16-19-6-8-21(25)9-7-19/h5-10,15,20,23H,4,11-14,16H2,1-3H3,(H,26,28). The van der Waals surface area contributed by atoms with Crippen LogP contribution in [-0.4, -0.2) is 23.9 Å². The van der Waals surface area contributed by atoms with Gasteiger partial charge in [0.05, 0.1) is 6.04 Å². The molecule has 2 aromatic rings. The highest BCUT2D eigenvalue weighted by molar-refractivity contribution is 9.10. The van der Waals surface area contributed by atoms with Gasteiger partial charge < -0.3 is 5.32 Å². The molecule has 0 aliphatic carbocycles. The van der Waals surface area contributed by atoms with Crippen LogP contribution in [0.3, 0.4) is 0 Å². The van der Waals surface area contributed by atoms with Crippen molar-refractivity contribution in [3.8, 4) is 0 Å². The van der Waals surface area contributed by atoms with E-state index in [0.717, 1.165) is 43.4 Å². The quantitative estimate of drug-likeness (QED) is 0.635. The van der Waals surface area contributed by atoms with E-state index in [4.69, 9.17) is 0 Å². The molecule has 1 heterocycles. The third-order valence-electron chi connectivity index (χ3n) is 5.80. The van der Waals surface area contributed by atoms with E-state index >= 15 is 0 Å². The number of carbonyl (C=O) groups excluding carboxylic acids is 1. The molecule has 28 heavy (non-hydrogen) atoms. The summed E-state index contributed by atoms with van der Waals surface area (Å²) in [6, 6.07) is 15.1. The van der Waals surface area contributed by atoms with Crippen molar-refractivity contribution in [3.63, 3.8) is 0 Å². The number of nitrogens with one attached hydrogen (secondary N) is 1. The topological polar surface area (TPSA) is 32.3 Å². The second-order valence-corrected chi connectivity index (χ2v) is 8.92. The molecule has 0 spiro atoms. The van der Waals surface area contributed by atoms with Crippen molar-refractivity contribution in [3.05, 3.63) is 69.2 Å². The predicted octanol–water partition coefficient (Wildman–Crippen LogP) is 5.55. The smallest absolute Gasteiger partial charge is 0.223 e. The first-order valence-corrected chi connectivity index (χ1v) is 11.1. The fraction of sp³-hybridized carbons (Fsp3) is 0.458. The molecule has 1 amide bonds. The first-order valence-electron chi connectivity index (χ1n) is 10.3. The summed E-state index contributed by atoms with van der Waals surface area (Å²) in [5, 5.41) is 3.32. The number of nitrogens with zero attached hydrogens (tertiary/aromatic N) is 1. The zero-order chi connectivity index (χ0) is 20.1. The van der Waals surface area contributed by atoms with Crippen LogP contribution in [0.1, 0.15) is 54.5 Å². The maximum Gasteiger partial charge on any atom is 0.223 e. The summed E-state index contributed by atoms with van der Waals surface area (Å²) in [4.78, 5) is 15.3. The fourth-order valence-corrected chi connectivity index (χ4v) is 4.37. The molecule has 0 saturated carbocycles. The Morgan fingerprint density at radius 2 is 1.82 bits per heavy atom. The molecule has 150 valence electrons. The van der Waals surface area contributed by atoms with Crippen molar-refractivity contribution < 1.29 is 4.79 Å². The summed E-state index contributed by atoms with van der Waals surface area (Å²) < 4.78 is 1.11. The van der Waals surface area contributed by atoms with Crippen LogP contribution in [0.4, 0.5) is 0 Å². The zero-order valence-corrected chi connectivity index (χ0v) is 18.8. The van der Waals surface area contributed by atoms with E-state index < -0.39 is 0 Å². The zero-order valence-electron chi connectivity index (χ0n) is 17.2. The van der Waals surface area contributed by atoms with Gasteiger partial charge in [-0.25, -0.2) is 0 Å². The molecule has 1 aliphatic rings. The lowest BCUT2D eigenvalue weighted by Crippen LogP contribution is -2.41. The Hall–Kier alpha value is -1.65. The van der Waals surface area contributed by atoms with Gasteiger partial charge in [-0.2, -0.15) is 0 Å². The van der Waals surface area contributed by atoms with Gasteiger partial charge >= 0.3 is 0 Å². The van der Waals surface area contributed by atoms with Gasteiger partial charge in [0, 0.05) is 16.9 Å². The van der Waals surface area contributed by atoms with Gasteiger partial charge in [-0.15, -0.1) is 0 Å². The van der Waals surface area contributed by atoms with E-state index in [2.05, 4.69) is 89.4 Å². The van der Waals surface area contributed by atoms with Crippen LogP contribution in [0.5, 0.6) is 0 Å². The van der Waals surface area contributed by atoms with Crippen LogP contribution in [0.25, 0.3) is 0 Å². The minimum absolute atomic E-state index is 0.105. The second kappa shape index (κ2) is 9.71. The number of hydrogen-bond donors (Lipinski definition) is 1. The van der Waals surface area contributed by atoms with Crippen LogP contribution in [-0.2, 0) is 11.3 Å². The summed E-state index contributed by atoms with van der Waals surface area (Å²) in [5.41, 5.74) is 5.10. The van der Waals surface area contributed by atoms with E-state index in [9.17, 15) is 4.79 Å². The lowest BCUT2D eigenvalue weighted by molar-refractivity contribution is -0.127. The van der Waals surface area contributed by atoms with Crippen LogP contribution >= 0.6 is 15.9 Å². The van der Waals surface area contributed by atoms with E-state index in [0.29, 0.717) is 0 Å². The van der Waals surface area contributed by atoms with Gasteiger partial charge in [0.15, 0.2) is 0 Å². The van der Waals surface area contributed by atoms with Gasteiger partial charge in [-0.05, 0) is 75.0 Å². The van der Waals surface area contributed by atoms with E-state index in [-0.39, 0.29) is 17.9 Å². The highest BCUT2D eigenvalue weighted by Gasteiger charge is 2.26. The van der Waals surface area contributed by atoms with Crippen molar-refractivity contribution in [1.82, 2.24) is 10.2 Å². The van der Waals surface area contributed by atoms with Crippen LogP contribution in [0.2, 0.25) is 0 Å². The highest BCUT2D eigenvalue weighted by atomic mass is 79.9. The molecular weight excluding hydrogens is 412 g/mol. The minimum atomic E-state index is 0.105. The number of hydrogen-bond acceptors (Lipinski definition) is 2. The summed E-state index contributed by atoms with van der Waals surface area (Å²) >= 11 is 3.49. The third-order valence-corrected chi connectivity index (χ3v) is 6.33. The van der Waals surface area contributed by atoms with Crippen molar-refractivity contribution in [2.45, 2.75) is 52.6 Å². The number of likely N-dealkylation sites (tertiary alicyclic amines) is 1. The SMILES string of the molecule is CCC(NC(=O)C1CCN(Cc2ccc(Br)cc2)CC1)c1ccc(C)cc1C.